The Balaban J connectivity index is 4.41. The molecule has 0 aliphatic carbocycles. The third-order valence-corrected chi connectivity index (χ3v) is 3.37. The number of amides is 2. The van der Waals surface area contributed by atoms with Crippen molar-refractivity contribution in [3.05, 3.63) is 0 Å². The van der Waals surface area contributed by atoms with Crippen LogP contribution in [0.5, 0.6) is 0 Å². The summed E-state index contributed by atoms with van der Waals surface area (Å²) >= 11 is 0. The first kappa shape index (κ1) is 16.7. The van der Waals surface area contributed by atoms with Crippen LogP contribution in [0.4, 0.5) is 4.79 Å². The molecule has 0 saturated heterocycles. The van der Waals surface area contributed by atoms with Crippen LogP contribution in [0.2, 0.25) is 0 Å². The Morgan fingerprint density at radius 3 is 2.06 bits per heavy atom. The second-order valence-corrected chi connectivity index (χ2v) is 5.74. The van der Waals surface area contributed by atoms with Gasteiger partial charge in [-0.1, -0.05) is 0 Å². The number of hydrogen-bond donors (Lipinski definition) is 3. The summed E-state index contributed by atoms with van der Waals surface area (Å²) in [7, 11) is 3.83. The summed E-state index contributed by atoms with van der Waals surface area (Å²) in [5.41, 5.74) is -1.90. The minimum absolute atomic E-state index is 0.351. The molecule has 18 heavy (non-hydrogen) atoms. The lowest BCUT2D eigenvalue weighted by molar-refractivity contribution is -0.150. The molecule has 0 heterocycles. The summed E-state index contributed by atoms with van der Waals surface area (Å²) in [4.78, 5) is 24.8. The number of carboxylic acid groups (broad SMARTS) is 1. The van der Waals surface area contributed by atoms with Gasteiger partial charge in [-0.3, -0.25) is 4.79 Å². The normalized spacial score (nSPS) is 12.4. The van der Waals surface area contributed by atoms with Gasteiger partial charge in [0.1, 0.15) is 0 Å². The van der Waals surface area contributed by atoms with Gasteiger partial charge < -0.3 is 20.6 Å². The summed E-state index contributed by atoms with van der Waals surface area (Å²) in [6.07, 6.45) is 0. The Bertz CT molecular complexity index is 312. The topological polar surface area (TPSA) is 81.7 Å². The predicted molar refractivity (Wildman–Crippen MR) is 70.6 cm³/mol. The Hall–Kier alpha value is -1.30. The lowest BCUT2D eigenvalue weighted by Gasteiger charge is -2.38. The highest BCUT2D eigenvalue weighted by atomic mass is 16.4. The lowest BCUT2D eigenvalue weighted by atomic mass is 9.74. The maximum atomic E-state index is 11.7. The summed E-state index contributed by atoms with van der Waals surface area (Å²) in [6, 6.07) is -0.351. The van der Waals surface area contributed by atoms with Gasteiger partial charge in [0, 0.05) is 13.1 Å². The molecule has 0 saturated carbocycles. The van der Waals surface area contributed by atoms with E-state index in [9.17, 15) is 9.59 Å². The minimum Gasteiger partial charge on any atom is -0.481 e. The predicted octanol–water partition coefficient (Wildman–Crippen LogP) is 0.737. The van der Waals surface area contributed by atoms with Crippen LogP contribution in [0.25, 0.3) is 0 Å². The first-order valence-electron chi connectivity index (χ1n) is 5.95. The van der Waals surface area contributed by atoms with E-state index in [-0.39, 0.29) is 6.03 Å². The number of carbonyl (C=O) groups is 2. The van der Waals surface area contributed by atoms with Crippen molar-refractivity contribution < 1.29 is 14.7 Å². The smallest absolute Gasteiger partial charge is 0.315 e. The number of hydrogen-bond acceptors (Lipinski definition) is 3. The number of nitrogens with zero attached hydrogens (tertiary/aromatic N) is 1. The maximum absolute atomic E-state index is 11.7. The van der Waals surface area contributed by atoms with E-state index < -0.39 is 16.9 Å². The van der Waals surface area contributed by atoms with Gasteiger partial charge in [0.05, 0.1) is 11.0 Å². The number of nitrogens with one attached hydrogen (secondary N) is 2. The molecule has 3 N–H and O–H groups in total. The van der Waals surface area contributed by atoms with Gasteiger partial charge in [-0.25, -0.2) is 4.79 Å². The molecule has 0 spiro atoms. The molecule has 0 rings (SSSR count). The fourth-order valence-corrected chi connectivity index (χ4v) is 1.14. The van der Waals surface area contributed by atoms with Crippen LogP contribution in [0, 0.1) is 5.41 Å². The zero-order chi connectivity index (χ0) is 14.6. The average Bonchev–Trinajstić information content (AvgIpc) is 2.15. The van der Waals surface area contributed by atoms with Crippen molar-refractivity contribution in [2.75, 3.05) is 27.2 Å². The molecule has 0 aromatic heterocycles. The van der Waals surface area contributed by atoms with Crippen molar-refractivity contribution in [1.82, 2.24) is 15.5 Å². The largest absolute Gasteiger partial charge is 0.481 e. The SMILES string of the molecule is CN(C)CCNC(=O)NC(C)(C)C(C)(C)C(=O)O. The summed E-state index contributed by atoms with van der Waals surface area (Å²) in [5, 5.41) is 14.6. The van der Waals surface area contributed by atoms with Gasteiger partial charge in [0.2, 0.25) is 0 Å². The second-order valence-electron chi connectivity index (χ2n) is 5.74. The number of aliphatic carboxylic acids is 1. The van der Waals surface area contributed by atoms with E-state index in [1.807, 2.05) is 19.0 Å². The van der Waals surface area contributed by atoms with Crippen molar-refractivity contribution in [2.45, 2.75) is 33.2 Å². The first-order valence-corrected chi connectivity index (χ1v) is 5.95. The first-order chi connectivity index (χ1) is 8.00. The number of urea groups is 1. The van der Waals surface area contributed by atoms with Gasteiger partial charge >= 0.3 is 12.0 Å². The van der Waals surface area contributed by atoms with Gasteiger partial charge in [0.15, 0.2) is 0 Å². The molecule has 0 radical (unpaired) electrons. The molecule has 0 aliphatic rings. The van der Waals surface area contributed by atoms with Crippen molar-refractivity contribution in [2.24, 2.45) is 5.41 Å². The van der Waals surface area contributed by atoms with E-state index in [4.69, 9.17) is 5.11 Å². The van der Waals surface area contributed by atoms with Crippen LogP contribution in [0.15, 0.2) is 0 Å². The molecule has 0 aromatic carbocycles. The van der Waals surface area contributed by atoms with E-state index in [1.54, 1.807) is 27.7 Å². The molecule has 0 bridgehead atoms. The lowest BCUT2D eigenvalue weighted by Crippen LogP contribution is -2.59. The molecule has 0 unspecified atom stereocenters. The molecule has 0 atom stereocenters. The molecule has 6 nitrogen and oxygen atoms in total. The Kier molecular flexibility index (Phi) is 5.60. The van der Waals surface area contributed by atoms with Crippen molar-refractivity contribution in [3.63, 3.8) is 0 Å². The Morgan fingerprint density at radius 1 is 1.17 bits per heavy atom. The maximum Gasteiger partial charge on any atom is 0.315 e. The summed E-state index contributed by atoms with van der Waals surface area (Å²) in [5.74, 6) is -0.943. The average molecular weight is 259 g/mol. The van der Waals surface area contributed by atoms with E-state index in [1.165, 1.54) is 0 Å². The zero-order valence-electron chi connectivity index (χ0n) is 12.1. The van der Waals surface area contributed by atoms with Gasteiger partial charge in [-0.15, -0.1) is 0 Å². The molecule has 106 valence electrons. The van der Waals surface area contributed by atoms with E-state index in [0.717, 1.165) is 6.54 Å². The van der Waals surface area contributed by atoms with Crippen LogP contribution < -0.4 is 10.6 Å². The zero-order valence-corrected chi connectivity index (χ0v) is 12.1. The summed E-state index contributed by atoms with van der Waals surface area (Å²) in [6.45, 7) is 7.84. The monoisotopic (exact) mass is 259 g/mol. The van der Waals surface area contributed by atoms with E-state index >= 15 is 0 Å². The van der Waals surface area contributed by atoms with Gasteiger partial charge in [-0.05, 0) is 41.8 Å². The molecular weight excluding hydrogens is 234 g/mol. The van der Waals surface area contributed by atoms with Crippen LogP contribution in [0.3, 0.4) is 0 Å². The Labute approximate surface area is 109 Å². The van der Waals surface area contributed by atoms with Crippen LogP contribution >= 0.6 is 0 Å². The van der Waals surface area contributed by atoms with Crippen LogP contribution in [-0.2, 0) is 4.79 Å². The molecular formula is C12H25N3O3. The number of carbonyl (C=O) groups excluding carboxylic acids is 1. The Morgan fingerprint density at radius 2 is 1.67 bits per heavy atom. The fourth-order valence-electron chi connectivity index (χ4n) is 1.14. The highest BCUT2D eigenvalue weighted by molar-refractivity contribution is 5.79. The van der Waals surface area contributed by atoms with E-state index in [0.29, 0.717) is 6.54 Å². The van der Waals surface area contributed by atoms with Gasteiger partial charge in [-0.2, -0.15) is 0 Å². The molecule has 0 aromatic rings. The number of rotatable bonds is 6. The fraction of sp³-hybridized carbons (Fsp3) is 0.833. The number of carboxylic acids is 1. The third kappa shape index (κ3) is 4.52. The minimum atomic E-state index is -1.05. The molecule has 0 aliphatic heterocycles. The number of likely N-dealkylation sites (N-methyl/N-ethyl adjacent to an activating group) is 1. The molecule has 0 fully saturated rings. The summed E-state index contributed by atoms with van der Waals surface area (Å²) < 4.78 is 0. The van der Waals surface area contributed by atoms with Gasteiger partial charge in [0.25, 0.3) is 0 Å². The van der Waals surface area contributed by atoms with E-state index in [2.05, 4.69) is 10.6 Å². The molecule has 6 heteroatoms. The highest BCUT2D eigenvalue weighted by Crippen LogP contribution is 2.30. The second kappa shape index (κ2) is 6.04. The third-order valence-electron chi connectivity index (χ3n) is 3.37. The quantitative estimate of drug-likeness (QED) is 0.657. The van der Waals surface area contributed by atoms with Crippen LogP contribution in [0.1, 0.15) is 27.7 Å². The van der Waals surface area contributed by atoms with Crippen molar-refractivity contribution in [1.29, 1.82) is 0 Å². The van der Waals surface area contributed by atoms with Crippen molar-refractivity contribution >= 4 is 12.0 Å². The van der Waals surface area contributed by atoms with Crippen molar-refractivity contribution in [3.8, 4) is 0 Å². The highest BCUT2D eigenvalue weighted by Gasteiger charge is 2.44. The van der Waals surface area contributed by atoms with Crippen LogP contribution in [-0.4, -0.2) is 54.7 Å². The molecule has 2 amide bonds. The standard InChI is InChI=1S/C12H25N3O3/c1-11(2,9(16)17)12(3,4)14-10(18)13-7-8-15(5)6/h7-8H2,1-6H3,(H,16,17)(H2,13,14,18).